The van der Waals surface area contributed by atoms with Gasteiger partial charge in [0.1, 0.15) is 4.90 Å². The molecule has 0 bridgehead atoms. The molecule has 3 heterocycles. The number of rotatable bonds is 3. The molecule has 0 unspecified atom stereocenters. The summed E-state index contributed by atoms with van der Waals surface area (Å²) >= 11 is 0. The second-order valence-corrected chi connectivity index (χ2v) is 6.88. The van der Waals surface area contributed by atoms with Crippen molar-refractivity contribution in [2.75, 3.05) is 39.3 Å². The van der Waals surface area contributed by atoms with Crippen LogP contribution in [-0.2, 0) is 10.0 Å². The van der Waals surface area contributed by atoms with Crippen molar-refractivity contribution in [1.29, 1.82) is 0 Å². The average Bonchev–Trinajstić information content (AvgIpc) is 2.38. The predicted molar refractivity (Wildman–Crippen MR) is 71.2 cm³/mol. The summed E-state index contributed by atoms with van der Waals surface area (Å²) in [5.41, 5.74) is 0. The lowest BCUT2D eigenvalue weighted by atomic mass is 10.1. The first kappa shape index (κ1) is 13.0. The van der Waals surface area contributed by atoms with Crippen LogP contribution in [0.5, 0.6) is 0 Å². The molecule has 1 aromatic heterocycles. The third-order valence-corrected chi connectivity index (χ3v) is 5.70. The van der Waals surface area contributed by atoms with Crippen LogP contribution in [0.15, 0.2) is 29.4 Å². The third kappa shape index (κ3) is 2.51. The van der Waals surface area contributed by atoms with Crippen LogP contribution < -0.4 is 5.32 Å². The minimum absolute atomic E-state index is 0.286. The van der Waals surface area contributed by atoms with Gasteiger partial charge in [-0.2, -0.15) is 4.31 Å². The van der Waals surface area contributed by atoms with Gasteiger partial charge in [0, 0.05) is 57.7 Å². The lowest BCUT2D eigenvalue weighted by molar-refractivity contribution is 0.103. The van der Waals surface area contributed by atoms with Crippen LogP contribution in [0.25, 0.3) is 0 Å². The summed E-state index contributed by atoms with van der Waals surface area (Å²) in [4.78, 5) is 6.54. The van der Waals surface area contributed by atoms with E-state index in [1.165, 1.54) is 6.20 Å². The molecule has 0 amide bonds. The Hall–Kier alpha value is -1.02. The van der Waals surface area contributed by atoms with Crippen molar-refractivity contribution >= 4 is 10.0 Å². The summed E-state index contributed by atoms with van der Waals surface area (Å²) in [6.07, 6.45) is 3.00. The number of nitrogens with zero attached hydrogens (tertiary/aromatic N) is 3. The molecule has 0 saturated carbocycles. The lowest BCUT2D eigenvalue weighted by Crippen LogP contribution is -2.62. The summed E-state index contributed by atoms with van der Waals surface area (Å²) in [7, 11) is -3.37. The first-order valence-corrected chi connectivity index (χ1v) is 7.97. The van der Waals surface area contributed by atoms with Crippen LogP contribution >= 0.6 is 0 Å². The molecule has 19 heavy (non-hydrogen) atoms. The number of hydrogen-bond donors (Lipinski definition) is 1. The highest BCUT2D eigenvalue weighted by Crippen LogP contribution is 2.18. The summed E-state index contributed by atoms with van der Waals surface area (Å²) in [5, 5.41) is 3.24. The number of hydrogen-bond acceptors (Lipinski definition) is 5. The maximum atomic E-state index is 12.4. The maximum absolute atomic E-state index is 12.4. The molecule has 0 radical (unpaired) electrons. The summed E-state index contributed by atoms with van der Waals surface area (Å²) in [6.45, 7) is 4.80. The molecule has 0 aliphatic carbocycles. The monoisotopic (exact) mass is 282 g/mol. The zero-order chi connectivity index (χ0) is 13.3. The van der Waals surface area contributed by atoms with Gasteiger partial charge in [-0.25, -0.2) is 8.42 Å². The normalized spacial score (nSPS) is 23.2. The van der Waals surface area contributed by atoms with Crippen molar-refractivity contribution in [3.63, 3.8) is 0 Å². The molecule has 2 aliphatic rings. The van der Waals surface area contributed by atoms with Gasteiger partial charge in [-0.3, -0.25) is 9.88 Å². The molecule has 3 rings (SSSR count). The van der Waals surface area contributed by atoms with E-state index >= 15 is 0 Å². The molecule has 1 aromatic rings. The van der Waals surface area contributed by atoms with Crippen molar-refractivity contribution in [2.24, 2.45) is 0 Å². The molecule has 6 nitrogen and oxygen atoms in total. The fourth-order valence-electron chi connectivity index (χ4n) is 2.49. The van der Waals surface area contributed by atoms with Crippen molar-refractivity contribution in [2.45, 2.75) is 10.9 Å². The number of pyridine rings is 1. The molecule has 2 saturated heterocycles. The minimum atomic E-state index is -3.37. The van der Waals surface area contributed by atoms with Gasteiger partial charge in [0.2, 0.25) is 10.0 Å². The van der Waals surface area contributed by atoms with Gasteiger partial charge in [-0.05, 0) is 12.1 Å². The molecular weight excluding hydrogens is 264 g/mol. The molecule has 1 N–H and O–H groups in total. The van der Waals surface area contributed by atoms with Gasteiger partial charge in [0.05, 0.1) is 0 Å². The highest BCUT2D eigenvalue weighted by Gasteiger charge is 2.32. The number of nitrogens with one attached hydrogen (secondary N) is 1. The predicted octanol–water partition coefficient (Wildman–Crippen LogP) is -0.640. The van der Waals surface area contributed by atoms with Crippen molar-refractivity contribution < 1.29 is 8.42 Å². The van der Waals surface area contributed by atoms with Gasteiger partial charge < -0.3 is 5.32 Å². The van der Waals surface area contributed by atoms with E-state index in [0.717, 1.165) is 26.2 Å². The van der Waals surface area contributed by atoms with Gasteiger partial charge >= 0.3 is 0 Å². The fraction of sp³-hybridized carbons (Fsp3) is 0.583. The summed E-state index contributed by atoms with van der Waals surface area (Å²) < 4.78 is 26.4. The molecule has 2 aliphatic heterocycles. The molecule has 0 spiro atoms. The van der Waals surface area contributed by atoms with Gasteiger partial charge in [-0.1, -0.05) is 0 Å². The standard InChI is InChI=1S/C12H18N4O2S/c17-19(18,12-2-1-3-13-10-12)16-6-4-15(5-7-16)11-8-14-9-11/h1-3,10-11,14H,4-9H2. The minimum Gasteiger partial charge on any atom is -0.314 e. The van der Waals surface area contributed by atoms with Crippen molar-refractivity contribution in [3.05, 3.63) is 24.5 Å². The van der Waals surface area contributed by atoms with Crippen LogP contribution in [0.4, 0.5) is 0 Å². The maximum Gasteiger partial charge on any atom is 0.244 e. The lowest BCUT2D eigenvalue weighted by Gasteiger charge is -2.42. The van der Waals surface area contributed by atoms with E-state index in [-0.39, 0.29) is 4.90 Å². The van der Waals surface area contributed by atoms with Crippen LogP contribution in [0.2, 0.25) is 0 Å². The van der Waals surface area contributed by atoms with E-state index in [1.54, 1.807) is 22.6 Å². The first-order valence-electron chi connectivity index (χ1n) is 6.53. The molecular formula is C12H18N4O2S. The Morgan fingerprint density at radius 3 is 2.47 bits per heavy atom. The average molecular weight is 282 g/mol. The molecule has 0 atom stereocenters. The molecule has 104 valence electrons. The van der Waals surface area contributed by atoms with E-state index in [4.69, 9.17) is 0 Å². The number of aromatic nitrogens is 1. The van der Waals surface area contributed by atoms with Crippen molar-refractivity contribution in [1.82, 2.24) is 19.5 Å². The SMILES string of the molecule is O=S(=O)(c1cccnc1)N1CCN(C2CNC2)CC1. The highest BCUT2D eigenvalue weighted by molar-refractivity contribution is 7.89. The Balaban J connectivity index is 1.67. The first-order chi connectivity index (χ1) is 9.18. The largest absolute Gasteiger partial charge is 0.314 e. The zero-order valence-corrected chi connectivity index (χ0v) is 11.5. The fourth-order valence-corrected chi connectivity index (χ4v) is 3.88. The zero-order valence-electron chi connectivity index (χ0n) is 10.7. The quantitative estimate of drug-likeness (QED) is 0.799. The van der Waals surface area contributed by atoms with Crippen LogP contribution in [0, 0.1) is 0 Å². The van der Waals surface area contributed by atoms with Crippen LogP contribution in [-0.4, -0.2) is 67.9 Å². The highest BCUT2D eigenvalue weighted by atomic mass is 32.2. The molecule has 7 heteroatoms. The van der Waals surface area contributed by atoms with E-state index in [1.807, 2.05) is 0 Å². The van der Waals surface area contributed by atoms with Gasteiger partial charge in [0.15, 0.2) is 0 Å². The van der Waals surface area contributed by atoms with E-state index in [2.05, 4.69) is 15.2 Å². The van der Waals surface area contributed by atoms with Crippen LogP contribution in [0.3, 0.4) is 0 Å². The Bertz CT molecular complexity index is 522. The van der Waals surface area contributed by atoms with E-state index in [0.29, 0.717) is 19.1 Å². The van der Waals surface area contributed by atoms with E-state index < -0.39 is 10.0 Å². The second-order valence-electron chi connectivity index (χ2n) is 4.94. The summed E-state index contributed by atoms with van der Waals surface area (Å²) in [6, 6.07) is 3.84. The topological polar surface area (TPSA) is 65.5 Å². The Morgan fingerprint density at radius 2 is 1.95 bits per heavy atom. The van der Waals surface area contributed by atoms with Crippen molar-refractivity contribution in [3.8, 4) is 0 Å². The van der Waals surface area contributed by atoms with Gasteiger partial charge in [-0.15, -0.1) is 0 Å². The smallest absolute Gasteiger partial charge is 0.244 e. The third-order valence-electron chi connectivity index (χ3n) is 3.82. The molecule has 2 fully saturated rings. The van der Waals surface area contributed by atoms with Gasteiger partial charge in [0.25, 0.3) is 0 Å². The molecule has 0 aromatic carbocycles. The summed E-state index contributed by atoms with van der Waals surface area (Å²) in [5.74, 6) is 0. The van der Waals surface area contributed by atoms with E-state index in [9.17, 15) is 8.42 Å². The van der Waals surface area contributed by atoms with Crippen LogP contribution in [0.1, 0.15) is 0 Å². The number of piperazine rings is 1. The Morgan fingerprint density at radius 1 is 1.21 bits per heavy atom. The number of sulfonamides is 1. The Kier molecular flexibility index (Phi) is 3.53. The Labute approximate surface area is 113 Å². The second kappa shape index (κ2) is 5.16.